The maximum absolute atomic E-state index is 4.94. The maximum Gasteiger partial charge on any atom is 0.193 e. The second kappa shape index (κ2) is 9.74. The van der Waals surface area contributed by atoms with E-state index in [1.165, 1.54) is 18.4 Å². The monoisotopic (exact) mass is 404 g/mol. The third-order valence-corrected chi connectivity index (χ3v) is 6.10. The van der Waals surface area contributed by atoms with Crippen molar-refractivity contribution < 1.29 is 0 Å². The normalized spacial score (nSPS) is 19.9. The molecule has 6 nitrogen and oxygen atoms in total. The Balaban J connectivity index is 1.43. The highest BCUT2D eigenvalue weighted by atomic mass is 15.3. The van der Waals surface area contributed by atoms with E-state index in [0.717, 1.165) is 43.5 Å². The quantitative estimate of drug-likeness (QED) is 0.502. The Labute approximate surface area is 179 Å². The van der Waals surface area contributed by atoms with Gasteiger partial charge in [0.2, 0.25) is 0 Å². The lowest BCUT2D eigenvalue weighted by Crippen LogP contribution is -2.48. The highest BCUT2D eigenvalue weighted by Gasteiger charge is 2.30. The number of fused-ring (bicyclic) bond motifs is 1. The van der Waals surface area contributed by atoms with Crippen molar-refractivity contribution in [3.63, 3.8) is 0 Å². The molecule has 2 aromatic heterocycles. The second-order valence-electron chi connectivity index (χ2n) is 7.95. The molecule has 2 unspecified atom stereocenters. The summed E-state index contributed by atoms with van der Waals surface area (Å²) in [4.78, 5) is 7.38. The second-order valence-corrected chi connectivity index (χ2v) is 7.95. The van der Waals surface area contributed by atoms with E-state index < -0.39 is 0 Å². The van der Waals surface area contributed by atoms with Crippen LogP contribution in [0.3, 0.4) is 0 Å². The van der Waals surface area contributed by atoms with E-state index in [-0.39, 0.29) is 0 Å². The lowest BCUT2D eigenvalue weighted by Gasteiger charge is -2.40. The van der Waals surface area contributed by atoms with Crippen LogP contribution in [0, 0.1) is 5.92 Å². The molecule has 30 heavy (non-hydrogen) atoms. The number of likely N-dealkylation sites (tertiary alicyclic amines) is 1. The molecule has 1 aliphatic heterocycles. The van der Waals surface area contributed by atoms with Crippen LogP contribution in [0.1, 0.15) is 44.0 Å². The van der Waals surface area contributed by atoms with Crippen molar-refractivity contribution in [2.24, 2.45) is 10.9 Å². The molecule has 1 aromatic carbocycles. The van der Waals surface area contributed by atoms with Crippen LogP contribution >= 0.6 is 0 Å². The van der Waals surface area contributed by atoms with Crippen LogP contribution in [0.15, 0.2) is 59.7 Å². The molecule has 3 aromatic rings. The van der Waals surface area contributed by atoms with Crippen LogP contribution in [0.2, 0.25) is 0 Å². The first-order valence-corrected chi connectivity index (χ1v) is 11.2. The number of aliphatic imine (C=N–C) groups is 1. The van der Waals surface area contributed by atoms with Gasteiger partial charge in [0.25, 0.3) is 0 Å². The number of pyridine rings is 1. The highest BCUT2D eigenvalue weighted by Crippen LogP contribution is 2.34. The van der Waals surface area contributed by atoms with Gasteiger partial charge in [-0.1, -0.05) is 49.7 Å². The summed E-state index contributed by atoms with van der Waals surface area (Å²) in [6, 6.07) is 17.0. The Morgan fingerprint density at radius 1 is 1.10 bits per heavy atom. The molecule has 4 rings (SSSR count). The SMILES string of the molecule is CCNC(=NCCc1nnc2ccccn12)N1CCC(c2ccccc2)C(CC)C1. The number of rotatable bonds is 6. The van der Waals surface area contributed by atoms with Gasteiger partial charge < -0.3 is 10.2 Å². The van der Waals surface area contributed by atoms with Crippen molar-refractivity contribution in [2.45, 2.75) is 39.0 Å². The van der Waals surface area contributed by atoms with Gasteiger partial charge in [-0.15, -0.1) is 10.2 Å². The van der Waals surface area contributed by atoms with E-state index in [1.54, 1.807) is 0 Å². The van der Waals surface area contributed by atoms with Gasteiger partial charge in [0.15, 0.2) is 11.6 Å². The maximum atomic E-state index is 4.94. The first-order chi connectivity index (χ1) is 14.8. The molecule has 3 heterocycles. The number of piperidine rings is 1. The van der Waals surface area contributed by atoms with Crippen molar-refractivity contribution in [3.8, 4) is 0 Å². The van der Waals surface area contributed by atoms with E-state index in [2.05, 4.69) is 64.6 Å². The average Bonchev–Trinajstić information content (AvgIpc) is 3.22. The molecule has 0 saturated carbocycles. The first-order valence-electron chi connectivity index (χ1n) is 11.2. The number of hydrogen-bond donors (Lipinski definition) is 1. The minimum Gasteiger partial charge on any atom is -0.357 e. The van der Waals surface area contributed by atoms with Crippen LogP contribution < -0.4 is 5.32 Å². The first kappa shape index (κ1) is 20.4. The summed E-state index contributed by atoms with van der Waals surface area (Å²) in [6.07, 6.45) is 5.14. The number of aromatic nitrogens is 3. The molecule has 2 atom stereocenters. The summed E-state index contributed by atoms with van der Waals surface area (Å²) < 4.78 is 2.04. The molecule has 0 spiro atoms. The topological polar surface area (TPSA) is 57.8 Å². The van der Waals surface area contributed by atoms with Gasteiger partial charge in [-0.2, -0.15) is 0 Å². The molecule has 1 fully saturated rings. The van der Waals surface area contributed by atoms with Crippen molar-refractivity contribution in [3.05, 3.63) is 66.1 Å². The van der Waals surface area contributed by atoms with Crippen LogP contribution in [-0.4, -0.2) is 51.6 Å². The van der Waals surface area contributed by atoms with E-state index in [0.29, 0.717) is 18.4 Å². The summed E-state index contributed by atoms with van der Waals surface area (Å²) in [5.74, 6) is 3.26. The Morgan fingerprint density at radius 3 is 2.73 bits per heavy atom. The van der Waals surface area contributed by atoms with Crippen LogP contribution in [0.5, 0.6) is 0 Å². The van der Waals surface area contributed by atoms with Gasteiger partial charge in [-0.3, -0.25) is 9.39 Å². The summed E-state index contributed by atoms with van der Waals surface area (Å²) >= 11 is 0. The Morgan fingerprint density at radius 2 is 1.93 bits per heavy atom. The number of nitrogens with zero attached hydrogens (tertiary/aromatic N) is 5. The van der Waals surface area contributed by atoms with Gasteiger partial charge in [0.1, 0.15) is 5.82 Å². The summed E-state index contributed by atoms with van der Waals surface area (Å²) in [7, 11) is 0. The lowest BCUT2D eigenvalue weighted by atomic mass is 9.79. The fourth-order valence-corrected chi connectivity index (χ4v) is 4.53. The summed E-state index contributed by atoms with van der Waals surface area (Å²) in [5, 5.41) is 12.1. The molecule has 0 aliphatic carbocycles. The number of hydrogen-bond acceptors (Lipinski definition) is 3. The molecule has 1 aliphatic rings. The molecule has 0 radical (unpaired) electrons. The van der Waals surface area contributed by atoms with Crippen molar-refractivity contribution in [2.75, 3.05) is 26.2 Å². The van der Waals surface area contributed by atoms with Gasteiger partial charge >= 0.3 is 0 Å². The van der Waals surface area contributed by atoms with Crippen LogP contribution in [-0.2, 0) is 6.42 Å². The molecular weight excluding hydrogens is 372 g/mol. The predicted molar refractivity (Wildman–Crippen MR) is 122 cm³/mol. The van der Waals surface area contributed by atoms with Gasteiger partial charge in [-0.25, -0.2) is 0 Å². The highest BCUT2D eigenvalue weighted by molar-refractivity contribution is 5.80. The van der Waals surface area contributed by atoms with Gasteiger partial charge in [0.05, 0.1) is 0 Å². The van der Waals surface area contributed by atoms with E-state index in [4.69, 9.17) is 4.99 Å². The summed E-state index contributed by atoms with van der Waals surface area (Å²) in [5.41, 5.74) is 2.36. The Bertz CT molecular complexity index is 964. The van der Waals surface area contributed by atoms with Crippen molar-refractivity contribution in [1.82, 2.24) is 24.8 Å². The third-order valence-electron chi connectivity index (χ3n) is 6.10. The number of nitrogens with one attached hydrogen (secondary N) is 1. The third kappa shape index (κ3) is 4.48. The summed E-state index contributed by atoms with van der Waals surface area (Å²) in [6.45, 7) is 8.11. The molecule has 1 N–H and O–H groups in total. The largest absolute Gasteiger partial charge is 0.357 e. The van der Waals surface area contributed by atoms with Crippen LogP contribution in [0.4, 0.5) is 0 Å². The molecule has 0 amide bonds. The zero-order valence-corrected chi connectivity index (χ0v) is 18.0. The minimum absolute atomic E-state index is 0.637. The molecule has 0 bridgehead atoms. The molecule has 158 valence electrons. The molecular formula is C24H32N6. The molecule has 6 heteroatoms. The Hall–Kier alpha value is -2.89. The van der Waals surface area contributed by atoms with E-state index >= 15 is 0 Å². The zero-order valence-electron chi connectivity index (χ0n) is 18.0. The average molecular weight is 405 g/mol. The van der Waals surface area contributed by atoms with Crippen LogP contribution in [0.25, 0.3) is 5.65 Å². The van der Waals surface area contributed by atoms with Crippen molar-refractivity contribution >= 4 is 11.6 Å². The standard InChI is InChI=1S/C24H32N6/c1-3-19-18-29(17-14-21(19)20-10-6-5-7-11-20)24(25-4-2)26-15-13-23-28-27-22-12-8-9-16-30(22)23/h5-12,16,19,21H,3-4,13-15,17-18H2,1-2H3,(H,25,26). The van der Waals surface area contributed by atoms with Crippen molar-refractivity contribution in [1.29, 1.82) is 0 Å². The minimum atomic E-state index is 0.637. The predicted octanol–water partition coefficient (Wildman–Crippen LogP) is 3.75. The van der Waals surface area contributed by atoms with E-state index in [1.807, 2.05) is 28.8 Å². The zero-order chi connectivity index (χ0) is 20.8. The number of guanidine groups is 1. The smallest absolute Gasteiger partial charge is 0.193 e. The molecule has 1 saturated heterocycles. The number of benzene rings is 1. The van der Waals surface area contributed by atoms with Gasteiger partial charge in [0, 0.05) is 38.8 Å². The lowest BCUT2D eigenvalue weighted by molar-refractivity contribution is 0.215. The Kier molecular flexibility index (Phi) is 6.62. The van der Waals surface area contributed by atoms with E-state index in [9.17, 15) is 0 Å². The van der Waals surface area contributed by atoms with Gasteiger partial charge in [-0.05, 0) is 42.9 Å². The fraction of sp³-hybridized carbons (Fsp3) is 0.458. The fourth-order valence-electron chi connectivity index (χ4n) is 4.53.